The predicted octanol–water partition coefficient (Wildman–Crippen LogP) is 3.03. The van der Waals surface area contributed by atoms with Crippen molar-refractivity contribution in [2.45, 2.75) is 76.6 Å². The summed E-state index contributed by atoms with van der Waals surface area (Å²) >= 11 is 0. The van der Waals surface area contributed by atoms with E-state index in [1.165, 1.54) is 17.7 Å². The van der Waals surface area contributed by atoms with Gasteiger partial charge in [0, 0.05) is 32.0 Å². The van der Waals surface area contributed by atoms with E-state index in [4.69, 9.17) is 11.2 Å². The number of carbonyl (C=O) groups is 2. The van der Waals surface area contributed by atoms with Crippen LogP contribution in [0, 0.1) is 18.2 Å². The van der Waals surface area contributed by atoms with Gasteiger partial charge < -0.3 is 25.8 Å². The fourth-order valence-electron chi connectivity index (χ4n) is 4.46. The van der Waals surface area contributed by atoms with Crippen molar-refractivity contribution in [3.63, 3.8) is 0 Å². The minimum atomic E-state index is -0.998. The van der Waals surface area contributed by atoms with Crippen LogP contribution in [-0.4, -0.2) is 48.3 Å². The number of hydrogen-bond acceptors (Lipinski definition) is 5. The Morgan fingerprint density at radius 1 is 1.16 bits per heavy atom. The number of amides is 2. The Labute approximate surface area is 224 Å². The second-order valence-electron chi connectivity index (χ2n) is 9.67. The zero-order valence-electron chi connectivity index (χ0n) is 22.0. The summed E-state index contributed by atoms with van der Waals surface area (Å²) in [4.78, 5) is 25.6. The van der Waals surface area contributed by atoms with E-state index in [-0.39, 0.29) is 31.7 Å². The van der Waals surface area contributed by atoms with Gasteiger partial charge in [-0.2, -0.15) is 0 Å². The molecular formula is C30H38FN3O4. The molecule has 38 heavy (non-hydrogen) atoms. The van der Waals surface area contributed by atoms with Gasteiger partial charge in [-0.3, -0.25) is 9.59 Å². The molecule has 3 atom stereocenters. The molecule has 8 heteroatoms. The number of benzene rings is 2. The molecule has 2 aromatic rings. The fourth-order valence-corrected chi connectivity index (χ4v) is 4.46. The van der Waals surface area contributed by atoms with Gasteiger partial charge in [-0.05, 0) is 60.9 Å². The quantitative estimate of drug-likeness (QED) is 0.418. The number of hydrogen-bond donors (Lipinski definition) is 4. The molecule has 2 aromatic carbocycles. The third-order valence-electron chi connectivity index (χ3n) is 6.55. The zero-order chi connectivity index (χ0) is 27.3. The number of rotatable bonds is 7. The summed E-state index contributed by atoms with van der Waals surface area (Å²) in [6, 6.07) is 10.9. The first-order chi connectivity index (χ1) is 18.4. The Bertz CT molecular complexity index is 1120. The molecule has 0 aliphatic carbocycles. The van der Waals surface area contributed by atoms with Crippen LogP contribution in [0.5, 0.6) is 5.75 Å². The van der Waals surface area contributed by atoms with Crippen molar-refractivity contribution >= 4 is 11.8 Å². The first-order valence-corrected chi connectivity index (χ1v) is 13.3. The van der Waals surface area contributed by atoms with Crippen molar-refractivity contribution in [3.8, 4) is 18.1 Å². The van der Waals surface area contributed by atoms with Crippen LogP contribution in [-0.2, 0) is 29.0 Å². The van der Waals surface area contributed by atoms with Gasteiger partial charge in [0.05, 0.1) is 18.8 Å². The topological polar surface area (TPSA) is 99.7 Å². The van der Waals surface area contributed by atoms with E-state index in [1.54, 1.807) is 6.07 Å². The normalized spacial score (nSPS) is 19.9. The van der Waals surface area contributed by atoms with Gasteiger partial charge in [-0.1, -0.05) is 31.2 Å². The van der Waals surface area contributed by atoms with E-state index in [2.05, 4.69) is 40.9 Å². The number of aliphatic hydroxyl groups excluding tert-OH is 1. The number of terminal acetylenes is 1. The molecule has 0 radical (unpaired) electrons. The first kappa shape index (κ1) is 29.2. The van der Waals surface area contributed by atoms with Crippen molar-refractivity contribution in [1.82, 2.24) is 16.0 Å². The van der Waals surface area contributed by atoms with E-state index in [0.29, 0.717) is 37.3 Å². The molecule has 1 aliphatic heterocycles. The highest BCUT2D eigenvalue weighted by Crippen LogP contribution is 2.19. The molecule has 0 spiro atoms. The lowest BCUT2D eigenvalue weighted by Gasteiger charge is -2.27. The van der Waals surface area contributed by atoms with Gasteiger partial charge in [-0.25, -0.2) is 4.39 Å². The van der Waals surface area contributed by atoms with Gasteiger partial charge in [-0.15, -0.1) is 12.3 Å². The maximum absolute atomic E-state index is 14.4. The van der Waals surface area contributed by atoms with Crippen LogP contribution in [0.15, 0.2) is 42.5 Å². The number of aliphatic hydroxyl groups is 1. The molecule has 1 aliphatic rings. The summed E-state index contributed by atoms with van der Waals surface area (Å²) in [6.45, 7) is 3.22. The van der Waals surface area contributed by atoms with Gasteiger partial charge >= 0.3 is 0 Å². The van der Waals surface area contributed by atoms with E-state index >= 15 is 0 Å². The summed E-state index contributed by atoms with van der Waals surface area (Å²) in [6.07, 6.45) is 7.92. The van der Waals surface area contributed by atoms with Gasteiger partial charge in [0.1, 0.15) is 17.6 Å². The maximum Gasteiger partial charge on any atom is 0.243 e. The zero-order valence-corrected chi connectivity index (χ0v) is 22.0. The Kier molecular flexibility index (Phi) is 11.6. The summed E-state index contributed by atoms with van der Waals surface area (Å²) in [5.41, 5.74) is 2.88. The number of halogens is 1. The Hall–Kier alpha value is -3.41. The lowest BCUT2D eigenvalue weighted by atomic mass is 9.99. The predicted molar refractivity (Wildman–Crippen MR) is 145 cm³/mol. The van der Waals surface area contributed by atoms with E-state index in [9.17, 15) is 19.1 Å². The van der Waals surface area contributed by atoms with E-state index < -0.39 is 29.9 Å². The third kappa shape index (κ3) is 9.47. The van der Waals surface area contributed by atoms with E-state index in [0.717, 1.165) is 18.4 Å². The van der Waals surface area contributed by atoms with Gasteiger partial charge in [0.2, 0.25) is 11.8 Å². The average Bonchev–Trinajstić information content (AvgIpc) is 2.89. The molecule has 1 heterocycles. The molecule has 3 unspecified atom stereocenters. The number of carbonyl (C=O) groups excluding carboxylic acids is 2. The lowest BCUT2D eigenvalue weighted by molar-refractivity contribution is -0.129. The molecule has 0 fully saturated rings. The van der Waals surface area contributed by atoms with Crippen molar-refractivity contribution in [3.05, 3.63) is 65.0 Å². The van der Waals surface area contributed by atoms with Crippen molar-refractivity contribution in [2.24, 2.45) is 0 Å². The second kappa shape index (κ2) is 15.1. The number of nitrogens with one attached hydrogen (secondary N) is 3. The molecule has 0 saturated carbocycles. The Morgan fingerprint density at radius 2 is 1.97 bits per heavy atom. The van der Waals surface area contributed by atoms with Crippen LogP contribution < -0.4 is 20.7 Å². The van der Waals surface area contributed by atoms with Crippen LogP contribution in [0.3, 0.4) is 0 Å². The summed E-state index contributed by atoms with van der Waals surface area (Å²) in [5.74, 6) is 1.64. The van der Waals surface area contributed by atoms with Gasteiger partial charge in [0.25, 0.3) is 0 Å². The summed E-state index contributed by atoms with van der Waals surface area (Å²) in [7, 11) is 0. The molecule has 204 valence electrons. The standard InChI is InChI=1S/C30H38FN3O4/c1-3-9-26-30(37)34-27(28(35)20-32-19-22-11-8-10-21(4-2)14-22)17-23-15-24(31)18-25(16-23)38-13-7-5-6-12-29(36)33-26/h1,8,10-11,14-16,18,26-28,32,35H,4-7,9,12-13,17,19-20H2,2H3,(H,33,36)(H,34,37). The first-order valence-electron chi connectivity index (χ1n) is 13.3. The van der Waals surface area contributed by atoms with Crippen molar-refractivity contribution in [1.29, 1.82) is 0 Å². The highest BCUT2D eigenvalue weighted by molar-refractivity contribution is 5.88. The smallest absolute Gasteiger partial charge is 0.243 e. The van der Waals surface area contributed by atoms with Crippen LogP contribution in [0.4, 0.5) is 4.39 Å². The minimum absolute atomic E-state index is 0.0182. The molecule has 2 bridgehead atoms. The largest absolute Gasteiger partial charge is 0.493 e. The number of ether oxygens (including phenoxy) is 1. The maximum atomic E-state index is 14.4. The highest BCUT2D eigenvalue weighted by Gasteiger charge is 2.27. The SMILES string of the molecule is C#CCC1NC(=O)CCCCCOc2cc(F)cc(c2)CC(C(O)CNCc2cccc(CC)c2)NC1=O. The van der Waals surface area contributed by atoms with E-state index in [1.807, 2.05) is 12.1 Å². The molecule has 0 saturated heterocycles. The van der Waals surface area contributed by atoms with Crippen LogP contribution >= 0.6 is 0 Å². The molecular weight excluding hydrogens is 485 g/mol. The number of fused-ring (bicyclic) bond motifs is 2. The average molecular weight is 524 g/mol. The molecule has 3 rings (SSSR count). The lowest BCUT2D eigenvalue weighted by Crippen LogP contribution is -2.54. The molecule has 2 amide bonds. The van der Waals surface area contributed by atoms with Crippen LogP contribution in [0.25, 0.3) is 0 Å². The highest BCUT2D eigenvalue weighted by atomic mass is 19.1. The van der Waals surface area contributed by atoms with Crippen LogP contribution in [0.2, 0.25) is 0 Å². The minimum Gasteiger partial charge on any atom is -0.493 e. The third-order valence-corrected chi connectivity index (χ3v) is 6.55. The molecule has 7 nitrogen and oxygen atoms in total. The summed E-state index contributed by atoms with van der Waals surface area (Å²) in [5, 5.41) is 19.9. The number of aryl methyl sites for hydroxylation is 1. The van der Waals surface area contributed by atoms with Crippen LogP contribution in [0.1, 0.15) is 55.7 Å². The summed E-state index contributed by atoms with van der Waals surface area (Å²) < 4.78 is 20.1. The molecule has 0 aromatic heterocycles. The van der Waals surface area contributed by atoms with Crippen molar-refractivity contribution in [2.75, 3.05) is 13.2 Å². The fraction of sp³-hybridized carbons (Fsp3) is 0.467. The van der Waals surface area contributed by atoms with Gasteiger partial charge in [0.15, 0.2) is 0 Å². The second-order valence-corrected chi connectivity index (χ2v) is 9.67. The Balaban J connectivity index is 1.78. The van der Waals surface area contributed by atoms with Crippen molar-refractivity contribution < 1.29 is 23.8 Å². The molecule has 4 N–H and O–H groups in total. The Morgan fingerprint density at radius 3 is 2.76 bits per heavy atom. The monoisotopic (exact) mass is 523 g/mol.